The van der Waals surface area contributed by atoms with Gasteiger partial charge in [-0.15, -0.1) is 0 Å². The predicted octanol–water partition coefficient (Wildman–Crippen LogP) is 3.64. The summed E-state index contributed by atoms with van der Waals surface area (Å²) >= 11 is 6.19. The van der Waals surface area contributed by atoms with E-state index in [0.29, 0.717) is 24.5 Å². The SMILES string of the molecule is C[C@@H]1C[C@@H](O)c2ncnc(N3CCN(C(=O)[C@@H](c4ccc(Cl)cc4)[C@H]4NCCC45CCC5)CC3)c21. The fraction of sp³-hybridized carbons (Fsp3) is 0.593. The number of rotatable bonds is 4. The molecule has 2 N–H and O–H groups in total. The van der Waals surface area contributed by atoms with E-state index in [-0.39, 0.29) is 29.2 Å². The van der Waals surface area contributed by atoms with E-state index >= 15 is 0 Å². The highest BCUT2D eigenvalue weighted by Crippen LogP contribution is 2.53. The van der Waals surface area contributed by atoms with Crippen molar-refractivity contribution in [3.05, 3.63) is 52.4 Å². The summed E-state index contributed by atoms with van der Waals surface area (Å²) < 4.78 is 0. The Bertz CT molecular complexity index is 1100. The monoisotopic (exact) mass is 495 g/mol. The maximum atomic E-state index is 14.1. The number of hydrogen-bond donors (Lipinski definition) is 2. The molecule has 1 spiro atoms. The average molecular weight is 496 g/mol. The molecule has 1 saturated carbocycles. The van der Waals surface area contributed by atoms with E-state index in [1.807, 2.05) is 29.2 Å². The van der Waals surface area contributed by atoms with Crippen molar-refractivity contribution in [1.29, 1.82) is 0 Å². The third-order valence-corrected chi connectivity index (χ3v) is 9.25. The van der Waals surface area contributed by atoms with Crippen molar-refractivity contribution in [3.63, 3.8) is 0 Å². The number of carbonyl (C=O) groups excluding carboxylic acids is 1. The number of amides is 1. The van der Waals surface area contributed by atoms with Gasteiger partial charge in [0.1, 0.15) is 12.1 Å². The zero-order chi connectivity index (χ0) is 24.2. The highest BCUT2D eigenvalue weighted by molar-refractivity contribution is 6.30. The number of aliphatic hydroxyl groups is 1. The van der Waals surface area contributed by atoms with E-state index in [9.17, 15) is 9.90 Å². The topological polar surface area (TPSA) is 81.6 Å². The molecular weight excluding hydrogens is 462 g/mol. The predicted molar refractivity (Wildman–Crippen MR) is 136 cm³/mol. The smallest absolute Gasteiger partial charge is 0.231 e. The van der Waals surface area contributed by atoms with E-state index in [0.717, 1.165) is 48.7 Å². The second-order valence-corrected chi connectivity index (χ2v) is 11.3. The first-order valence-corrected chi connectivity index (χ1v) is 13.4. The first-order chi connectivity index (χ1) is 17.0. The van der Waals surface area contributed by atoms with Crippen LogP contribution in [-0.2, 0) is 4.79 Å². The second kappa shape index (κ2) is 9.02. The Hall–Kier alpha value is -2.22. The molecule has 2 aliphatic heterocycles. The lowest BCUT2D eigenvalue weighted by molar-refractivity contribution is -0.135. The maximum absolute atomic E-state index is 14.1. The summed E-state index contributed by atoms with van der Waals surface area (Å²) in [5.41, 5.74) is 3.15. The Morgan fingerprint density at radius 2 is 1.89 bits per heavy atom. The quantitative estimate of drug-likeness (QED) is 0.674. The van der Waals surface area contributed by atoms with Gasteiger partial charge >= 0.3 is 0 Å². The molecule has 3 heterocycles. The molecule has 0 bridgehead atoms. The summed E-state index contributed by atoms with van der Waals surface area (Å²) in [5, 5.41) is 14.8. The molecular formula is C27H34ClN5O2. The van der Waals surface area contributed by atoms with Crippen LogP contribution in [0.4, 0.5) is 5.82 Å². The number of carbonyl (C=O) groups is 1. The molecule has 186 valence electrons. The first-order valence-electron chi connectivity index (χ1n) is 13.0. The summed E-state index contributed by atoms with van der Waals surface area (Å²) in [7, 11) is 0. The molecule has 4 aliphatic rings. The number of nitrogens with zero attached hydrogens (tertiary/aromatic N) is 4. The van der Waals surface area contributed by atoms with Gasteiger partial charge in [0.05, 0.1) is 17.7 Å². The van der Waals surface area contributed by atoms with Gasteiger partial charge in [0.2, 0.25) is 5.91 Å². The zero-order valence-electron chi connectivity index (χ0n) is 20.3. The molecule has 0 unspecified atom stereocenters. The lowest BCUT2D eigenvalue weighted by Gasteiger charge is -2.47. The fourth-order valence-electron chi connectivity index (χ4n) is 6.95. The van der Waals surface area contributed by atoms with E-state index < -0.39 is 6.10 Å². The lowest BCUT2D eigenvalue weighted by Crippen LogP contribution is -2.55. The van der Waals surface area contributed by atoms with Crippen molar-refractivity contribution < 1.29 is 9.90 Å². The molecule has 8 heteroatoms. The number of hydrogen-bond acceptors (Lipinski definition) is 6. The highest BCUT2D eigenvalue weighted by atomic mass is 35.5. The van der Waals surface area contributed by atoms with Gasteiger partial charge in [-0.1, -0.05) is 37.1 Å². The molecule has 2 aromatic rings. The molecule has 2 aliphatic carbocycles. The Kier molecular flexibility index (Phi) is 5.98. The van der Waals surface area contributed by atoms with Crippen molar-refractivity contribution in [2.24, 2.45) is 5.41 Å². The number of aromatic nitrogens is 2. The molecule has 7 nitrogen and oxygen atoms in total. The summed E-state index contributed by atoms with van der Waals surface area (Å²) in [5.74, 6) is 1.18. The van der Waals surface area contributed by atoms with Crippen LogP contribution in [0.1, 0.15) is 73.8 Å². The van der Waals surface area contributed by atoms with Crippen LogP contribution in [0.5, 0.6) is 0 Å². The second-order valence-electron chi connectivity index (χ2n) is 10.9. The van der Waals surface area contributed by atoms with Crippen LogP contribution in [0.2, 0.25) is 5.02 Å². The minimum absolute atomic E-state index is 0.176. The van der Waals surface area contributed by atoms with Gasteiger partial charge in [0, 0.05) is 42.8 Å². The van der Waals surface area contributed by atoms with Crippen molar-refractivity contribution >= 4 is 23.3 Å². The van der Waals surface area contributed by atoms with Crippen LogP contribution in [-0.4, -0.2) is 64.6 Å². The van der Waals surface area contributed by atoms with Crippen LogP contribution in [0.3, 0.4) is 0 Å². The summed E-state index contributed by atoms with van der Waals surface area (Å²) in [6.45, 7) is 5.90. The van der Waals surface area contributed by atoms with Crippen molar-refractivity contribution in [3.8, 4) is 0 Å². The summed E-state index contributed by atoms with van der Waals surface area (Å²) in [6.07, 6.45) is 6.58. The fourth-order valence-corrected chi connectivity index (χ4v) is 7.08. The number of nitrogens with one attached hydrogen (secondary N) is 1. The number of anilines is 1. The Balaban J connectivity index is 1.22. The van der Waals surface area contributed by atoms with Crippen LogP contribution >= 0.6 is 11.6 Å². The average Bonchev–Trinajstić information content (AvgIpc) is 3.42. The number of benzene rings is 1. The van der Waals surface area contributed by atoms with E-state index in [1.54, 1.807) is 6.33 Å². The summed E-state index contributed by atoms with van der Waals surface area (Å²) in [4.78, 5) is 27.4. The maximum Gasteiger partial charge on any atom is 0.231 e. The molecule has 3 fully saturated rings. The van der Waals surface area contributed by atoms with Crippen LogP contribution in [0.15, 0.2) is 30.6 Å². The van der Waals surface area contributed by atoms with E-state index in [4.69, 9.17) is 11.6 Å². The Morgan fingerprint density at radius 3 is 2.57 bits per heavy atom. The van der Waals surface area contributed by atoms with Crippen molar-refractivity contribution in [2.75, 3.05) is 37.6 Å². The van der Waals surface area contributed by atoms with Gasteiger partial charge in [0.15, 0.2) is 0 Å². The Labute approximate surface area is 211 Å². The molecule has 35 heavy (non-hydrogen) atoms. The molecule has 1 aromatic carbocycles. The van der Waals surface area contributed by atoms with Crippen LogP contribution in [0.25, 0.3) is 0 Å². The van der Waals surface area contributed by atoms with E-state index in [1.165, 1.54) is 19.3 Å². The number of aliphatic hydroxyl groups excluding tert-OH is 1. The third kappa shape index (κ3) is 3.92. The molecule has 4 atom stereocenters. The highest BCUT2D eigenvalue weighted by Gasteiger charge is 2.52. The Morgan fingerprint density at radius 1 is 1.14 bits per heavy atom. The minimum atomic E-state index is -0.512. The van der Waals surface area contributed by atoms with Gasteiger partial charge in [0.25, 0.3) is 0 Å². The van der Waals surface area contributed by atoms with Crippen molar-refractivity contribution in [2.45, 2.75) is 63.0 Å². The molecule has 1 aromatic heterocycles. The normalized spacial score (nSPS) is 28.1. The number of halogens is 1. The van der Waals surface area contributed by atoms with Gasteiger partial charge in [-0.25, -0.2) is 9.97 Å². The number of piperazine rings is 1. The van der Waals surface area contributed by atoms with Crippen molar-refractivity contribution in [1.82, 2.24) is 20.2 Å². The molecule has 0 radical (unpaired) electrons. The standard InChI is InChI=1S/C27H34ClN5O2/c1-17-15-20(34)23-21(17)25(31-16-30-23)32-11-13-33(14-12-32)26(35)22(18-3-5-19(28)6-4-18)24-27(7-2-8-27)9-10-29-24/h3-6,16-17,20,22,24,29,34H,2,7-15H2,1H3/t17-,20-,22+,24-/m1/s1. The van der Waals surface area contributed by atoms with Gasteiger partial charge in [-0.2, -0.15) is 0 Å². The summed E-state index contributed by atoms with van der Waals surface area (Å²) in [6, 6.07) is 8.05. The van der Waals surface area contributed by atoms with E-state index in [2.05, 4.69) is 27.1 Å². The molecule has 1 amide bonds. The lowest BCUT2D eigenvalue weighted by atomic mass is 9.60. The number of fused-ring (bicyclic) bond motifs is 1. The van der Waals surface area contributed by atoms with Crippen LogP contribution in [0, 0.1) is 5.41 Å². The molecule has 6 rings (SSSR count). The first kappa shape index (κ1) is 23.2. The molecule has 2 saturated heterocycles. The van der Waals surface area contributed by atoms with Gasteiger partial charge in [-0.3, -0.25) is 4.79 Å². The van der Waals surface area contributed by atoms with Crippen LogP contribution < -0.4 is 10.2 Å². The van der Waals surface area contributed by atoms with Gasteiger partial charge < -0.3 is 20.2 Å². The largest absolute Gasteiger partial charge is 0.387 e. The third-order valence-electron chi connectivity index (χ3n) is 8.99. The minimum Gasteiger partial charge on any atom is -0.387 e. The van der Waals surface area contributed by atoms with Gasteiger partial charge in [-0.05, 0) is 61.3 Å². The zero-order valence-corrected chi connectivity index (χ0v) is 21.0.